The lowest BCUT2D eigenvalue weighted by molar-refractivity contribution is -0.134. The van der Waals surface area contributed by atoms with Gasteiger partial charge in [-0.3, -0.25) is 4.90 Å². The fourth-order valence-corrected chi connectivity index (χ4v) is 3.98. The Labute approximate surface area is 161 Å². The van der Waals surface area contributed by atoms with Crippen molar-refractivity contribution in [3.63, 3.8) is 0 Å². The Hall–Kier alpha value is -2.34. The van der Waals surface area contributed by atoms with Crippen molar-refractivity contribution in [2.75, 3.05) is 31.1 Å². The number of para-hydroxylation sites is 1. The molecule has 0 aromatic heterocycles. The summed E-state index contributed by atoms with van der Waals surface area (Å²) in [4.78, 5) is 24.5. The maximum Gasteiger partial charge on any atom is 0.328 e. The maximum absolute atomic E-state index is 9.55. The van der Waals surface area contributed by atoms with Gasteiger partial charge in [0, 0.05) is 37.0 Å². The van der Waals surface area contributed by atoms with Crippen LogP contribution in [0.5, 0.6) is 0 Å². The molecular weight excluding hydrogens is 344 g/mol. The number of anilines is 1. The van der Waals surface area contributed by atoms with Crippen molar-refractivity contribution < 1.29 is 19.8 Å². The van der Waals surface area contributed by atoms with Gasteiger partial charge in [0.15, 0.2) is 0 Å². The topological polar surface area (TPSA) is 81.1 Å². The van der Waals surface area contributed by atoms with E-state index in [4.69, 9.17) is 10.2 Å². The summed E-state index contributed by atoms with van der Waals surface area (Å²) in [6.07, 6.45) is 6.15. The summed E-state index contributed by atoms with van der Waals surface area (Å²) in [5.74, 6) is -2.51. The lowest BCUT2D eigenvalue weighted by Gasteiger charge is -2.39. The van der Waals surface area contributed by atoms with Crippen molar-refractivity contribution in [2.45, 2.75) is 45.6 Å². The fraction of sp³-hybridized carbons (Fsp3) is 0.524. The number of hydrogen-bond acceptors (Lipinski definition) is 4. The molecule has 1 unspecified atom stereocenters. The van der Waals surface area contributed by atoms with Crippen molar-refractivity contribution in [3.8, 4) is 0 Å². The Morgan fingerprint density at radius 1 is 1.11 bits per heavy atom. The van der Waals surface area contributed by atoms with E-state index in [0.29, 0.717) is 12.2 Å². The van der Waals surface area contributed by atoms with Crippen LogP contribution in [0.25, 0.3) is 0 Å². The molecule has 0 aliphatic carbocycles. The second-order valence-corrected chi connectivity index (χ2v) is 7.02. The molecule has 1 aromatic carbocycles. The zero-order chi connectivity index (χ0) is 19.8. The van der Waals surface area contributed by atoms with E-state index in [1.165, 1.54) is 51.9 Å². The standard InChI is InChI=1S/C17H26N2.C4H4O4/c1-3-9-18(10-4-2)16-12-15-7-5-6-14-8-11-19(13-16)17(14)15;5-3(6)1-2-4(7)8/h5-7,16H,3-4,8-13H2,1-2H3;1-2H,(H,5,6)(H,7,8)/b;2-1+. The zero-order valence-electron chi connectivity index (χ0n) is 16.2. The van der Waals surface area contributed by atoms with Gasteiger partial charge in [0.25, 0.3) is 0 Å². The van der Waals surface area contributed by atoms with E-state index in [0.717, 1.165) is 6.04 Å². The first-order chi connectivity index (χ1) is 13.0. The minimum atomic E-state index is -1.26. The number of aliphatic carboxylic acids is 2. The summed E-state index contributed by atoms with van der Waals surface area (Å²) in [5, 5.41) is 15.6. The van der Waals surface area contributed by atoms with E-state index in [2.05, 4.69) is 41.8 Å². The van der Waals surface area contributed by atoms with Gasteiger partial charge < -0.3 is 15.1 Å². The Morgan fingerprint density at radius 2 is 1.70 bits per heavy atom. The van der Waals surface area contributed by atoms with Crippen LogP contribution in [-0.2, 0) is 22.4 Å². The predicted octanol–water partition coefficient (Wildman–Crippen LogP) is 2.81. The minimum Gasteiger partial charge on any atom is -0.478 e. The summed E-state index contributed by atoms with van der Waals surface area (Å²) < 4.78 is 0. The molecule has 0 bridgehead atoms. The maximum atomic E-state index is 9.55. The van der Waals surface area contributed by atoms with Crippen LogP contribution in [-0.4, -0.2) is 59.3 Å². The molecule has 2 N–H and O–H groups in total. The lowest BCUT2D eigenvalue weighted by Crippen LogP contribution is -2.48. The van der Waals surface area contributed by atoms with E-state index >= 15 is 0 Å². The van der Waals surface area contributed by atoms with E-state index in [9.17, 15) is 9.59 Å². The van der Waals surface area contributed by atoms with Crippen molar-refractivity contribution in [3.05, 3.63) is 41.5 Å². The molecule has 2 aliphatic rings. The van der Waals surface area contributed by atoms with E-state index in [-0.39, 0.29) is 0 Å². The third kappa shape index (κ3) is 5.82. The number of carboxylic acids is 2. The van der Waals surface area contributed by atoms with Crippen molar-refractivity contribution >= 4 is 17.6 Å². The third-order valence-corrected chi connectivity index (χ3v) is 4.96. The molecule has 1 aromatic rings. The summed E-state index contributed by atoms with van der Waals surface area (Å²) >= 11 is 0. The molecule has 0 radical (unpaired) electrons. The smallest absolute Gasteiger partial charge is 0.328 e. The van der Waals surface area contributed by atoms with Crippen molar-refractivity contribution in [2.24, 2.45) is 0 Å². The molecule has 0 fully saturated rings. The molecule has 2 heterocycles. The van der Waals surface area contributed by atoms with Gasteiger partial charge in [0.1, 0.15) is 0 Å². The molecule has 27 heavy (non-hydrogen) atoms. The molecule has 3 rings (SSSR count). The summed E-state index contributed by atoms with van der Waals surface area (Å²) in [6.45, 7) is 9.57. The molecule has 6 nitrogen and oxygen atoms in total. The highest BCUT2D eigenvalue weighted by Gasteiger charge is 2.32. The second-order valence-electron chi connectivity index (χ2n) is 7.02. The number of benzene rings is 1. The van der Waals surface area contributed by atoms with Gasteiger partial charge >= 0.3 is 11.9 Å². The Bertz CT molecular complexity index is 665. The highest BCUT2D eigenvalue weighted by Crippen LogP contribution is 2.36. The van der Waals surface area contributed by atoms with Gasteiger partial charge in [0.2, 0.25) is 0 Å². The first-order valence-electron chi connectivity index (χ1n) is 9.69. The first-order valence-corrected chi connectivity index (χ1v) is 9.69. The number of rotatable bonds is 7. The number of nitrogens with zero attached hydrogens (tertiary/aromatic N) is 2. The van der Waals surface area contributed by atoms with Gasteiger partial charge in [-0.1, -0.05) is 32.0 Å². The van der Waals surface area contributed by atoms with Crippen molar-refractivity contribution in [1.29, 1.82) is 0 Å². The quantitative estimate of drug-likeness (QED) is 0.715. The van der Waals surface area contributed by atoms with Gasteiger partial charge in [-0.05, 0) is 49.9 Å². The van der Waals surface area contributed by atoms with Crippen LogP contribution in [0.3, 0.4) is 0 Å². The second kappa shape index (κ2) is 10.1. The molecule has 0 saturated heterocycles. The average molecular weight is 374 g/mol. The molecule has 6 heteroatoms. The van der Waals surface area contributed by atoms with Gasteiger partial charge in [-0.15, -0.1) is 0 Å². The molecule has 0 spiro atoms. The number of carboxylic acid groups (broad SMARTS) is 2. The van der Waals surface area contributed by atoms with Crippen LogP contribution in [0.15, 0.2) is 30.4 Å². The van der Waals surface area contributed by atoms with Gasteiger partial charge in [-0.2, -0.15) is 0 Å². The van der Waals surface area contributed by atoms with Gasteiger partial charge in [-0.25, -0.2) is 9.59 Å². The third-order valence-electron chi connectivity index (χ3n) is 4.96. The monoisotopic (exact) mass is 374 g/mol. The van der Waals surface area contributed by atoms with E-state index in [1.54, 1.807) is 16.8 Å². The molecule has 1 atom stereocenters. The van der Waals surface area contributed by atoms with E-state index in [1.807, 2.05) is 0 Å². The van der Waals surface area contributed by atoms with Crippen LogP contribution in [0.4, 0.5) is 5.69 Å². The highest BCUT2D eigenvalue weighted by atomic mass is 16.4. The normalized spacial score (nSPS) is 17.6. The molecular formula is C21H30N2O4. The predicted molar refractivity (Wildman–Crippen MR) is 106 cm³/mol. The Kier molecular flexibility index (Phi) is 7.85. The first kappa shape index (κ1) is 21.0. The average Bonchev–Trinajstić information content (AvgIpc) is 3.05. The van der Waals surface area contributed by atoms with Crippen LogP contribution in [0.1, 0.15) is 37.8 Å². The van der Waals surface area contributed by atoms with Crippen LogP contribution in [0, 0.1) is 0 Å². The van der Waals surface area contributed by atoms with E-state index < -0.39 is 11.9 Å². The Balaban J connectivity index is 0.000000279. The summed E-state index contributed by atoms with van der Waals surface area (Å²) in [6, 6.07) is 7.64. The molecule has 148 valence electrons. The minimum absolute atomic E-state index is 0.558. The number of hydrogen-bond donors (Lipinski definition) is 2. The molecule has 0 amide bonds. The molecule has 2 aliphatic heterocycles. The highest BCUT2D eigenvalue weighted by molar-refractivity contribution is 5.89. The zero-order valence-corrected chi connectivity index (χ0v) is 16.2. The SMILES string of the molecule is CCCN(CCC)C1Cc2cccc3c2N(CC3)C1.O=C(O)/C=C/C(=O)O. The van der Waals surface area contributed by atoms with Crippen molar-refractivity contribution in [1.82, 2.24) is 4.90 Å². The number of carbonyl (C=O) groups is 2. The van der Waals surface area contributed by atoms with Crippen LogP contribution < -0.4 is 4.90 Å². The largest absolute Gasteiger partial charge is 0.478 e. The van der Waals surface area contributed by atoms with Crippen LogP contribution in [0.2, 0.25) is 0 Å². The summed E-state index contributed by atoms with van der Waals surface area (Å²) in [7, 11) is 0. The van der Waals surface area contributed by atoms with Crippen LogP contribution >= 0.6 is 0 Å². The fourth-order valence-electron chi connectivity index (χ4n) is 3.98. The van der Waals surface area contributed by atoms with Gasteiger partial charge in [0.05, 0.1) is 0 Å². The molecule has 0 saturated carbocycles. The lowest BCUT2D eigenvalue weighted by atomic mass is 9.95. The summed E-state index contributed by atoms with van der Waals surface area (Å²) in [5.41, 5.74) is 4.74. The Morgan fingerprint density at radius 3 is 2.26 bits per heavy atom.